The minimum Gasteiger partial charge on any atom is -0.298 e. The molecular formula is C6H10FNO. The number of Topliss-reactive ketones (excluding diaryl/α,β-unsaturated/α-hetero) is 1. The highest BCUT2D eigenvalue weighted by Gasteiger charge is 2.17. The average molecular weight is 131 g/mol. The molecule has 1 fully saturated rings. The number of halogens is 1. The van der Waals surface area contributed by atoms with Crippen molar-refractivity contribution in [3.05, 3.63) is 0 Å². The number of hydrogen-bond acceptors (Lipinski definition) is 2. The van der Waals surface area contributed by atoms with Gasteiger partial charge in [-0.1, -0.05) is 0 Å². The minimum absolute atomic E-state index is 0.239. The Labute approximate surface area is 53.6 Å². The number of alkyl halides is 1. The highest BCUT2D eigenvalue weighted by molar-refractivity contribution is 5.82. The molecule has 0 saturated carbocycles. The molecule has 0 N–H and O–H groups in total. The van der Waals surface area contributed by atoms with Crippen LogP contribution in [0.5, 0.6) is 0 Å². The van der Waals surface area contributed by atoms with E-state index < -0.39 is 0 Å². The van der Waals surface area contributed by atoms with Gasteiger partial charge < -0.3 is 0 Å². The number of likely N-dealkylation sites (tertiary alicyclic amines) is 1. The Morgan fingerprint density at radius 3 is 2.89 bits per heavy atom. The summed E-state index contributed by atoms with van der Waals surface area (Å²) in [6.07, 6.45) is 0.611. The number of carbonyl (C=O) groups excluding carboxylic acids is 1. The predicted octanol–water partition coefficient (Wildman–Crippen LogP) is 0.231. The topological polar surface area (TPSA) is 20.3 Å². The van der Waals surface area contributed by atoms with Crippen LogP contribution in [0.1, 0.15) is 6.42 Å². The summed E-state index contributed by atoms with van der Waals surface area (Å²) in [7, 11) is 0. The van der Waals surface area contributed by atoms with E-state index in [2.05, 4.69) is 0 Å². The quantitative estimate of drug-likeness (QED) is 0.534. The third kappa shape index (κ3) is 1.75. The van der Waals surface area contributed by atoms with Crippen molar-refractivity contribution >= 4 is 5.78 Å². The second-order valence-electron chi connectivity index (χ2n) is 2.25. The lowest BCUT2D eigenvalue weighted by Gasteiger charge is -2.08. The molecule has 0 aliphatic carbocycles. The summed E-state index contributed by atoms with van der Waals surface area (Å²) < 4.78 is 11.6. The Bertz CT molecular complexity index is 116. The van der Waals surface area contributed by atoms with E-state index in [1.807, 2.05) is 4.90 Å². The van der Waals surface area contributed by atoms with Gasteiger partial charge in [-0.15, -0.1) is 0 Å². The molecule has 0 spiro atoms. The van der Waals surface area contributed by atoms with Gasteiger partial charge in [0, 0.05) is 19.5 Å². The van der Waals surface area contributed by atoms with Gasteiger partial charge in [0.2, 0.25) is 0 Å². The van der Waals surface area contributed by atoms with Crippen LogP contribution in [0.4, 0.5) is 4.39 Å². The number of rotatable bonds is 2. The van der Waals surface area contributed by atoms with Crippen LogP contribution in [0.25, 0.3) is 0 Å². The van der Waals surface area contributed by atoms with Crippen molar-refractivity contribution < 1.29 is 9.18 Å². The van der Waals surface area contributed by atoms with Gasteiger partial charge in [-0.2, -0.15) is 0 Å². The number of nitrogens with zero attached hydrogens (tertiary/aromatic N) is 1. The van der Waals surface area contributed by atoms with Gasteiger partial charge >= 0.3 is 0 Å². The summed E-state index contributed by atoms with van der Waals surface area (Å²) in [6.45, 7) is 1.30. The maximum Gasteiger partial charge on any atom is 0.148 e. The van der Waals surface area contributed by atoms with Crippen LogP contribution in [-0.4, -0.2) is 37.0 Å². The smallest absolute Gasteiger partial charge is 0.148 e. The molecule has 1 rings (SSSR count). The summed E-state index contributed by atoms with van der Waals surface area (Å²) >= 11 is 0. The van der Waals surface area contributed by atoms with Gasteiger partial charge in [0.25, 0.3) is 0 Å². The molecule has 0 aromatic rings. The van der Waals surface area contributed by atoms with Gasteiger partial charge in [0.1, 0.15) is 12.5 Å². The summed E-state index contributed by atoms with van der Waals surface area (Å²) in [4.78, 5) is 12.4. The molecule has 3 heteroatoms. The van der Waals surface area contributed by atoms with Crippen molar-refractivity contribution in [1.29, 1.82) is 0 Å². The van der Waals surface area contributed by atoms with E-state index in [9.17, 15) is 9.18 Å². The third-order valence-corrected chi connectivity index (χ3v) is 1.51. The second kappa shape index (κ2) is 2.92. The molecule has 1 heterocycles. The number of ketones is 1. The second-order valence-corrected chi connectivity index (χ2v) is 2.25. The fourth-order valence-corrected chi connectivity index (χ4v) is 1.00. The van der Waals surface area contributed by atoms with Crippen LogP contribution < -0.4 is 0 Å². The molecule has 52 valence electrons. The zero-order chi connectivity index (χ0) is 6.69. The standard InChI is InChI=1S/C6H10FNO/c7-2-4-8-3-1-6(9)5-8/h1-5H2. The van der Waals surface area contributed by atoms with Crippen molar-refractivity contribution in [2.45, 2.75) is 6.42 Å². The molecule has 0 unspecified atom stereocenters. The molecule has 1 saturated heterocycles. The minimum atomic E-state index is -0.340. The van der Waals surface area contributed by atoms with Crippen molar-refractivity contribution in [1.82, 2.24) is 4.90 Å². The average Bonchev–Trinajstić information content (AvgIpc) is 2.17. The van der Waals surface area contributed by atoms with Gasteiger partial charge in [-0.05, 0) is 0 Å². The van der Waals surface area contributed by atoms with Gasteiger partial charge in [0.15, 0.2) is 0 Å². The van der Waals surface area contributed by atoms with Crippen LogP contribution in [-0.2, 0) is 4.79 Å². The van der Waals surface area contributed by atoms with Crippen molar-refractivity contribution in [3.63, 3.8) is 0 Å². The molecule has 0 amide bonds. The molecule has 1 aliphatic heterocycles. The van der Waals surface area contributed by atoms with E-state index in [0.717, 1.165) is 6.54 Å². The first-order chi connectivity index (χ1) is 4.33. The number of carbonyl (C=O) groups is 1. The van der Waals surface area contributed by atoms with E-state index >= 15 is 0 Å². The van der Waals surface area contributed by atoms with E-state index in [-0.39, 0.29) is 12.5 Å². The monoisotopic (exact) mass is 131 g/mol. The van der Waals surface area contributed by atoms with Gasteiger partial charge in [-0.25, -0.2) is 4.39 Å². The Hall–Kier alpha value is -0.440. The zero-order valence-electron chi connectivity index (χ0n) is 5.27. The SMILES string of the molecule is O=C1CCN(CCF)C1. The van der Waals surface area contributed by atoms with Gasteiger partial charge in [0.05, 0.1) is 6.54 Å². The Morgan fingerprint density at radius 1 is 1.67 bits per heavy atom. The zero-order valence-corrected chi connectivity index (χ0v) is 5.27. The highest BCUT2D eigenvalue weighted by atomic mass is 19.1. The first-order valence-corrected chi connectivity index (χ1v) is 3.13. The lowest BCUT2D eigenvalue weighted by Crippen LogP contribution is -2.22. The Kier molecular flexibility index (Phi) is 2.16. The van der Waals surface area contributed by atoms with Crippen molar-refractivity contribution in [2.75, 3.05) is 26.3 Å². The van der Waals surface area contributed by atoms with Crippen molar-refractivity contribution in [3.8, 4) is 0 Å². The Morgan fingerprint density at radius 2 is 2.44 bits per heavy atom. The van der Waals surface area contributed by atoms with Crippen LogP contribution in [0.2, 0.25) is 0 Å². The van der Waals surface area contributed by atoms with E-state index in [0.29, 0.717) is 19.5 Å². The molecule has 0 atom stereocenters. The predicted molar refractivity (Wildman–Crippen MR) is 32.0 cm³/mol. The van der Waals surface area contributed by atoms with Crippen LogP contribution in [0.3, 0.4) is 0 Å². The maximum absolute atomic E-state index is 11.6. The van der Waals surface area contributed by atoms with Crippen LogP contribution in [0.15, 0.2) is 0 Å². The van der Waals surface area contributed by atoms with Crippen LogP contribution >= 0.6 is 0 Å². The molecule has 9 heavy (non-hydrogen) atoms. The molecule has 0 bridgehead atoms. The molecule has 0 aromatic heterocycles. The largest absolute Gasteiger partial charge is 0.298 e. The summed E-state index contributed by atoms with van der Waals surface area (Å²) in [6, 6.07) is 0. The van der Waals surface area contributed by atoms with E-state index in [1.54, 1.807) is 0 Å². The maximum atomic E-state index is 11.6. The summed E-state index contributed by atoms with van der Waals surface area (Å²) in [5, 5.41) is 0. The third-order valence-electron chi connectivity index (χ3n) is 1.51. The van der Waals surface area contributed by atoms with Crippen LogP contribution in [0, 0.1) is 0 Å². The Balaban J connectivity index is 2.22. The number of hydrogen-bond donors (Lipinski definition) is 0. The summed E-state index contributed by atoms with van der Waals surface area (Å²) in [5.41, 5.74) is 0. The van der Waals surface area contributed by atoms with Gasteiger partial charge in [-0.3, -0.25) is 9.69 Å². The summed E-state index contributed by atoms with van der Waals surface area (Å²) in [5.74, 6) is 0.239. The lowest BCUT2D eigenvalue weighted by atomic mass is 10.4. The lowest BCUT2D eigenvalue weighted by molar-refractivity contribution is -0.116. The van der Waals surface area contributed by atoms with Crippen molar-refractivity contribution in [2.24, 2.45) is 0 Å². The normalized spacial score (nSPS) is 21.2. The molecular weight excluding hydrogens is 121 g/mol. The first-order valence-electron chi connectivity index (χ1n) is 3.13. The fraction of sp³-hybridized carbons (Fsp3) is 0.833. The molecule has 0 radical (unpaired) electrons. The highest BCUT2D eigenvalue weighted by Crippen LogP contribution is 2.02. The molecule has 0 aromatic carbocycles. The first kappa shape index (κ1) is 6.68. The van der Waals surface area contributed by atoms with E-state index in [4.69, 9.17) is 0 Å². The molecule has 1 aliphatic rings. The van der Waals surface area contributed by atoms with E-state index in [1.165, 1.54) is 0 Å². The fourth-order valence-electron chi connectivity index (χ4n) is 1.00. The molecule has 2 nitrogen and oxygen atoms in total.